The summed E-state index contributed by atoms with van der Waals surface area (Å²) in [6.07, 6.45) is 1.81. The summed E-state index contributed by atoms with van der Waals surface area (Å²) in [6, 6.07) is 9.82. The molecule has 2 aromatic rings. The number of nitrogens with two attached hydrogens (primary N) is 1. The number of rotatable bonds is 9. The summed E-state index contributed by atoms with van der Waals surface area (Å²) >= 11 is 1.31. The summed E-state index contributed by atoms with van der Waals surface area (Å²) in [6.45, 7) is 2.99. The molecule has 0 radical (unpaired) electrons. The lowest BCUT2D eigenvalue weighted by Crippen LogP contribution is -2.16. The Hall–Kier alpha value is -2.32. The maximum absolute atomic E-state index is 12.1. The number of benzene rings is 1. The van der Waals surface area contributed by atoms with Crippen molar-refractivity contribution in [1.29, 1.82) is 0 Å². The van der Waals surface area contributed by atoms with Gasteiger partial charge in [0.1, 0.15) is 12.4 Å². The summed E-state index contributed by atoms with van der Waals surface area (Å²) in [7, 11) is 0. The number of hydrogen-bond donors (Lipinski definition) is 1. The van der Waals surface area contributed by atoms with E-state index in [2.05, 4.69) is 9.97 Å². The maximum atomic E-state index is 12.1. The highest BCUT2D eigenvalue weighted by Gasteiger charge is 2.22. The second-order valence-corrected chi connectivity index (χ2v) is 5.66. The van der Waals surface area contributed by atoms with Gasteiger partial charge < -0.3 is 19.9 Å². The molecule has 0 aliphatic carbocycles. The van der Waals surface area contributed by atoms with E-state index in [9.17, 15) is 4.79 Å². The van der Waals surface area contributed by atoms with Crippen molar-refractivity contribution in [3.05, 3.63) is 41.5 Å². The van der Waals surface area contributed by atoms with Crippen molar-refractivity contribution >= 4 is 23.5 Å². The molecule has 25 heavy (non-hydrogen) atoms. The van der Waals surface area contributed by atoms with E-state index >= 15 is 0 Å². The SMILES string of the molecule is CCOC(=O)c1c(N)nc(SC)nc1OCCOCc1ccccc1. The normalized spacial score (nSPS) is 10.5. The smallest absolute Gasteiger partial charge is 0.347 e. The van der Waals surface area contributed by atoms with Crippen LogP contribution in [0.2, 0.25) is 0 Å². The molecular weight excluding hydrogens is 342 g/mol. The zero-order valence-electron chi connectivity index (χ0n) is 14.2. The fourth-order valence-electron chi connectivity index (χ4n) is 1.99. The zero-order chi connectivity index (χ0) is 18.1. The molecule has 134 valence electrons. The van der Waals surface area contributed by atoms with E-state index in [1.54, 1.807) is 6.92 Å². The standard InChI is InChI=1S/C17H21N3O4S/c1-3-23-16(21)13-14(18)19-17(25-2)20-15(13)24-10-9-22-11-12-7-5-4-6-8-12/h4-8H,3,9-11H2,1-2H3,(H2,18,19,20). The molecule has 0 saturated heterocycles. The monoisotopic (exact) mass is 363 g/mol. The lowest BCUT2D eigenvalue weighted by Gasteiger charge is -2.12. The molecule has 1 heterocycles. The number of esters is 1. The summed E-state index contributed by atoms with van der Waals surface area (Å²) in [5.74, 6) is -0.454. The van der Waals surface area contributed by atoms with Gasteiger partial charge >= 0.3 is 5.97 Å². The number of hydrogen-bond acceptors (Lipinski definition) is 8. The molecule has 0 atom stereocenters. The molecular formula is C17H21N3O4S. The van der Waals surface area contributed by atoms with Crippen molar-refractivity contribution in [3.8, 4) is 5.88 Å². The van der Waals surface area contributed by atoms with Crippen LogP contribution in [0.25, 0.3) is 0 Å². The first-order valence-corrected chi connectivity index (χ1v) is 9.01. The minimum atomic E-state index is -0.604. The van der Waals surface area contributed by atoms with E-state index in [4.69, 9.17) is 19.9 Å². The van der Waals surface area contributed by atoms with Gasteiger partial charge in [-0.2, -0.15) is 4.98 Å². The number of thioether (sulfide) groups is 1. The van der Waals surface area contributed by atoms with Gasteiger partial charge in [0, 0.05) is 0 Å². The first kappa shape index (κ1) is 19.0. The number of carbonyl (C=O) groups is 1. The molecule has 0 bridgehead atoms. The molecule has 0 spiro atoms. The average Bonchev–Trinajstić information content (AvgIpc) is 2.62. The summed E-state index contributed by atoms with van der Waals surface area (Å²) in [5.41, 5.74) is 6.98. The third kappa shape index (κ3) is 5.61. The van der Waals surface area contributed by atoms with Gasteiger partial charge in [-0.1, -0.05) is 42.1 Å². The molecule has 0 aliphatic heterocycles. The average molecular weight is 363 g/mol. The number of ether oxygens (including phenoxy) is 3. The molecule has 1 aromatic heterocycles. The lowest BCUT2D eigenvalue weighted by atomic mass is 10.2. The van der Waals surface area contributed by atoms with E-state index in [-0.39, 0.29) is 30.5 Å². The van der Waals surface area contributed by atoms with Crippen LogP contribution < -0.4 is 10.5 Å². The minimum Gasteiger partial charge on any atom is -0.474 e. The molecule has 2 N–H and O–H groups in total. The van der Waals surface area contributed by atoms with Crippen molar-refractivity contribution < 1.29 is 19.0 Å². The molecule has 0 saturated carbocycles. The Kier molecular flexibility index (Phi) is 7.49. The Morgan fingerprint density at radius 2 is 1.96 bits per heavy atom. The molecule has 1 aromatic carbocycles. The van der Waals surface area contributed by atoms with Crippen LogP contribution in [0.5, 0.6) is 5.88 Å². The first-order chi connectivity index (χ1) is 12.2. The summed E-state index contributed by atoms with van der Waals surface area (Å²) < 4.78 is 16.1. The molecule has 0 aliphatic rings. The maximum Gasteiger partial charge on any atom is 0.347 e. The van der Waals surface area contributed by atoms with Crippen molar-refractivity contribution in [2.45, 2.75) is 18.7 Å². The zero-order valence-corrected chi connectivity index (χ0v) is 15.0. The van der Waals surface area contributed by atoms with Crippen LogP contribution in [0, 0.1) is 0 Å². The van der Waals surface area contributed by atoms with Crippen LogP contribution in [0.1, 0.15) is 22.8 Å². The number of nitrogen functional groups attached to an aromatic ring is 1. The van der Waals surface area contributed by atoms with E-state index in [1.807, 2.05) is 36.6 Å². The van der Waals surface area contributed by atoms with Crippen molar-refractivity contribution in [2.24, 2.45) is 0 Å². The van der Waals surface area contributed by atoms with Crippen LogP contribution in [-0.4, -0.2) is 42.0 Å². The Bertz CT molecular complexity index is 698. The Labute approximate surface area is 150 Å². The Balaban J connectivity index is 1.97. The topological polar surface area (TPSA) is 96.6 Å². The largest absolute Gasteiger partial charge is 0.474 e. The van der Waals surface area contributed by atoms with Gasteiger partial charge in [0.05, 0.1) is 19.8 Å². The Morgan fingerprint density at radius 1 is 1.20 bits per heavy atom. The fraction of sp³-hybridized carbons (Fsp3) is 0.353. The summed E-state index contributed by atoms with van der Waals surface area (Å²) in [4.78, 5) is 20.3. The van der Waals surface area contributed by atoms with Crippen molar-refractivity contribution in [1.82, 2.24) is 9.97 Å². The van der Waals surface area contributed by atoms with Gasteiger partial charge in [0.25, 0.3) is 0 Å². The third-order valence-corrected chi connectivity index (χ3v) is 3.67. The van der Waals surface area contributed by atoms with Gasteiger partial charge in [-0.3, -0.25) is 0 Å². The lowest BCUT2D eigenvalue weighted by molar-refractivity contribution is 0.0514. The quantitative estimate of drug-likeness (QED) is 0.314. The molecule has 0 fully saturated rings. The molecule has 8 heteroatoms. The predicted molar refractivity (Wildman–Crippen MR) is 95.8 cm³/mol. The number of carbonyl (C=O) groups excluding carboxylic acids is 1. The van der Waals surface area contributed by atoms with E-state index in [0.717, 1.165) is 5.56 Å². The first-order valence-electron chi connectivity index (χ1n) is 7.78. The van der Waals surface area contributed by atoms with E-state index in [0.29, 0.717) is 18.4 Å². The van der Waals surface area contributed by atoms with Crippen LogP contribution in [0.3, 0.4) is 0 Å². The molecule has 2 rings (SSSR count). The van der Waals surface area contributed by atoms with Gasteiger partial charge in [-0.15, -0.1) is 0 Å². The van der Waals surface area contributed by atoms with Gasteiger partial charge in [0.2, 0.25) is 5.88 Å². The van der Waals surface area contributed by atoms with Gasteiger partial charge in [-0.25, -0.2) is 9.78 Å². The highest BCUT2D eigenvalue weighted by Crippen LogP contribution is 2.25. The van der Waals surface area contributed by atoms with Gasteiger partial charge in [0.15, 0.2) is 10.7 Å². The van der Waals surface area contributed by atoms with Crippen LogP contribution in [0.4, 0.5) is 5.82 Å². The fourth-order valence-corrected chi connectivity index (χ4v) is 2.35. The Morgan fingerprint density at radius 3 is 2.64 bits per heavy atom. The number of aromatic nitrogens is 2. The highest BCUT2D eigenvalue weighted by atomic mass is 32.2. The van der Waals surface area contributed by atoms with Crippen molar-refractivity contribution in [3.63, 3.8) is 0 Å². The third-order valence-electron chi connectivity index (χ3n) is 3.12. The van der Waals surface area contributed by atoms with Gasteiger partial charge in [-0.05, 0) is 18.7 Å². The molecule has 0 unspecified atom stereocenters. The van der Waals surface area contributed by atoms with Crippen molar-refractivity contribution in [2.75, 3.05) is 31.8 Å². The van der Waals surface area contributed by atoms with Crippen LogP contribution >= 0.6 is 11.8 Å². The molecule has 0 amide bonds. The second-order valence-electron chi connectivity index (χ2n) is 4.88. The molecule has 7 nitrogen and oxygen atoms in total. The van der Waals surface area contributed by atoms with E-state index < -0.39 is 5.97 Å². The summed E-state index contributed by atoms with van der Waals surface area (Å²) in [5, 5.41) is 0.422. The van der Waals surface area contributed by atoms with E-state index in [1.165, 1.54) is 11.8 Å². The highest BCUT2D eigenvalue weighted by molar-refractivity contribution is 7.98. The van der Waals surface area contributed by atoms with Crippen LogP contribution in [0.15, 0.2) is 35.5 Å². The minimum absolute atomic E-state index is 0.0398. The number of anilines is 1. The number of nitrogens with zero attached hydrogens (tertiary/aromatic N) is 2. The van der Waals surface area contributed by atoms with Crippen LogP contribution in [-0.2, 0) is 16.1 Å². The second kappa shape index (κ2) is 9.85. The predicted octanol–water partition coefficient (Wildman–Crippen LogP) is 2.55.